The molecule has 0 N–H and O–H groups in total. The van der Waals surface area contributed by atoms with Crippen LogP contribution in [0.2, 0.25) is 0 Å². The summed E-state index contributed by atoms with van der Waals surface area (Å²) >= 11 is 0. The highest BCUT2D eigenvalue weighted by molar-refractivity contribution is 5.72. The molecule has 0 fully saturated rings. The number of halogens is 4. The number of benzene rings is 3. The van der Waals surface area contributed by atoms with Crippen LogP contribution in [0, 0.1) is 23.4 Å². The topological polar surface area (TPSA) is 9.23 Å². The number of hydrogen-bond acceptors (Lipinski definition) is 1. The molecular weight excluding hydrogens is 404 g/mol. The van der Waals surface area contributed by atoms with E-state index in [-0.39, 0.29) is 11.1 Å². The second kappa shape index (κ2) is 8.58. The number of hydrogen-bond donors (Lipinski definition) is 0. The zero-order valence-electron chi connectivity index (χ0n) is 17.3. The van der Waals surface area contributed by atoms with Gasteiger partial charge in [0, 0.05) is 5.56 Å². The standard InChI is InChI=1S/C26H22F4O/c1-3-16-8-17-4-5-18(10-20(17)9-16)19-6-7-22(23(28)11-19)21-12-24(29)26(25(30)13-21)31-14-15(2)27/h4-7,10-14,16H,3,8-9H2,1-2H3/b15-14-. The van der Waals surface area contributed by atoms with Crippen LogP contribution in [-0.2, 0) is 12.8 Å². The van der Waals surface area contributed by atoms with Gasteiger partial charge in [0.25, 0.3) is 0 Å². The molecule has 0 amide bonds. The van der Waals surface area contributed by atoms with Crippen LogP contribution < -0.4 is 4.74 Å². The van der Waals surface area contributed by atoms with Gasteiger partial charge in [-0.25, -0.2) is 17.6 Å². The van der Waals surface area contributed by atoms with E-state index in [2.05, 4.69) is 19.1 Å². The van der Waals surface area contributed by atoms with Crippen molar-refractivity contribution in [1.82, 2.24) is 0 Å². The second-order valence-corrected chi connectivity index (χ2v) is 7.95. The Morgan fingerprint density at radius 3 is 2.13 bits per heavy atom. The van der Waals surface area contributed by atoms with E-state index in [1.54, 1.807) is 6.07 Å². The third-order valence-electron chi connectivity index (χ3n) is 5.75. The zero-order chi connectivity index (χ0) is 22.1. The lowest BCUT2D eigenvalue weighted by Gasteiger charge is -2.10. The highest BCUT2D eigenvalue weighted by Gasteiger charge is 2.21. The molecule has 4 rings (SSSR count). The monoisotopic (exact) mass is 426 g/mol. The average molecular weight is 426 g/mol. The van der Waals surface area contributed by atoms with Crippen molar-refractivity contribution >= 4 is 0 Å². The highest BCUT2D eigenvalue weighted by Crippen LogP contribution is 2.35. The Morgan fingerprint density at radius 2 is 1.48 bits per heavy atom. The van der Waals surface area contributed by atoms with Gasteiger partial charge in [0.1, 0.15) is 17.9 Å². The van der Waals surface area contributed by atoms with Crippen molar-refractivity contribution < 1.29 is 22.3 Å². The van der Waals surface area contributed by atoms with Crippen molar-refractivity contribution in [3.63, 3.8) is 0 Å². The van der Waals surface area contributed by atoms with E-state index in [4.69, 9.17) is 4.74 Å². The van der Waals surface area contributed by atoms with E-state index < -0.39 is 29.0 Å². The highest BCUT2D eigenvalue weighted by atomic mass is 19.1. The van der Waals surface area contributed by atoms with Crippen LogP contribution in [0.3, 0.4) is 0 Å². The Morgan fingerprint density at radius 1 is 0.871 bits per heavy atom. The average Bonchev–Trinajstić information content (AvgIpc) is 3.15. The molecule has 160 valence electrons. The molecule has 5 heteroatoms. The van der Waals surface area contributed by atoms with Gasteiger partial charge in [0.05, 0.1) is 0 Å². The maximum atomic E-state index is 14.9. The normalized spacial score (nSPS) is 15.8. The number of ether oxygens (including phenoxy) is 1. The number of rotatable bonds is 5. The van der Waals surface area contributed by atoms with Crippen molar-refractivity contribution in [3.05, 3.63) is 89.2 Å². The van der Waals surface area contributed by atoms with Gasteiger partial charge in [-0.15, -0.1) is 0 Å². The van der Waals surface area contributed by atoms with Crippen LogP contribution in [0.15, 0.2) is 60.6 Å². The summed E-state index contributed by atoms with van der Waals surface area (Å²) in [6, 6.07) is 12.7. The molecule has 0 aliphatic heterocycles. The summed E-state index contributed by atoms with van der Waals surface area (Å²) < 4.78 is 60.9. The van der Waals surface area contributed by atoms with E-state index in [0.29, 0.717) is 17.7 Å². The summed E-state index contributed by atoms with van der Waals surface area (Å²) in [6.07, 6.45) is 3.85. The molecule has 0 saturated carbocycles. The summed E-state index contributed by atoms with van der Waals surface area (Å²) in [5.41, 5.74) is 4.36. The molecule has 1 atom stereocenters. The van der Waals surface area contributed by atoms with Gasteiger partial charge in [-0.05, 0) is 71.7 Å². The Hall–Kier alpha value is -3.08. The SMILES string of the molecule is CCC1Cc2ccc(-c3ccc(-c4cc(F)c(O/C=C(/C)F)c(F)c4)c(F)c3)cc2C1. The van der Waals surface area contributed by atoms with Crippen molar-refractivity contribution in [2.45, 2.75) is 33.1 Å². The van der Waals surface area contributed by atoms with Crippen LogP contribution in [0.5, 0.6) is 5.75 Å². The minimum atomic E-state index is -1.04. The van der Waals surface area contributed by atoms with Gasteiger partial charge >= 0.3 is 0 Å². The molecule has 3 aromatic rings. The van der Waals surface area contributed by atoms with Crippen LogP contribution in [0.1, 0.15) is 31.4 Å². The summed E-state index contributed by atoms with van der Waals surface area (Å²) in [7, 11) is 0. The smallest absolute Gasteiger partial charge is 0.197 e. The minimum absolute atomic E-state index is 0.0343. The van der Waals surface area contributed by atoms with Crippen LogP contribution in [0.25, 0.3) is 22.3 Å². The van der Waals surface area contributed by atoms with Gasteiger partial charge in [0.15, 0.2) is 17.4 Å². The van der Waals surface area contributed by atoms with Crippen molar-refractivity contribution in [3.8, 4) is 28.0 Å². The molecule has 0 bridgehead atoms. The van der Waals surface area contributed by atoms with Crippen LogP contribution >= 0.6 is 0 Å². The second-order valence-electron chi connectivity index (χ2n) is 7.95. The van der Waals surface area contributed by atoms with Crippen LogP contribution in [-0.4, -0.2) is 0 Å². The molecule has 1 aliphatic carbocycles. The molecule has 0 spiro atoms. The van der Waals surface area contributed by atoms with E-state index >= 15 is 0 Å². The summed E-state index contributed by atoms with van der Waals surface area (Å²) in [4.78, 5) is 0. The zero-order valence-corrected chi connectivity index (χ0v) is 17.3. The molecular formula is C26H22F4O. The maximum absolute atomic E-state index is 14.9. The van der Waals surface area contributed by atoms with Gasteiger partial charge < -0.3 is 4.74 Å². The van der Waals surface area contributed by atoms with E-state index in [1.807, 2.05) is 6.07 Å². The Labute approximate surface area is 179 Å². The summed E-state index contributed by atoms with van der Waals surface area (Å²) in [5, 5.41) is 0. The summed E-state index contributed by atoms with van der Waals surface area (Å²) in [6.45, 7) is 3.28. The Bertz CT molecular complexity index is 1140. The third kappa shape index (κ3) is 4.36. The van der Waals surface area contributed by atoms with Gasteiger partial charge in [-0.2, -0.15) is 0 Å². The minimum Gasteiger partial charge on any atom is -0.456 e. The summed E-state index contributed by atoms with van der Waals surface area (Å²) in [5.74, 6) is -3.48. The fraction of sp³-hybridized carbons (Fsp3) is 0.231. The van der Waals surface area contributed by atoms with E-state index in [0.717, 1.165) is 43.9 Å². The lowest BCUT2D eigenvalue weighted by molar-refractivity contribution is 0.391. The molecule has 0 heterocycles. The lowest BCUT2D eigenvalue weighted by Crippen LogP contribution is -1.95. The van der Waals surface area contributed by atoms with Gasteiger partial charge in [-0.3, -0.25) is 0 Å². The fourth-order valence-corrected chi connectivity index (χ4v) is 4.07. The molecule has 0 aromatic heterocycles. The van der Waals surface area contributed by atoms with Crippen molar-refractivity contribution in [2.24, 2.45) is 5.92 Å². The fourth-order valence-electron chi connectivity index (χ4n) is 4.07. The van der Waals surface area contributed by atoms with Crippen molar-refractivity contribution in [2.75, 3.05) is 0 Å². The predicted octanol–water partition coefficient (Wildman–Crippen LogP) is 7.77. The van der Waals surface area contributed by atoms with Gasteiger partial charge in [0.2, 0.25) is 0 Å². The van der Waals surface area contributed by atoms with Gasteiger partial charge in [-0.1, -0.05) is 43.7 Å². The Balaban J connectivity index is 1.64. The first-order valence-electron chi connectivity index (χ1n) is 10.3. The van der Waals surface area contributed by atoms with E-state index in [1.165, 1.54) is 23.3 Å². The molecule has 0 saturated heterocycles. The Kier molecular flexibility index (Phi) is 5.86. The quantitative estimate of drug-likeness (QED) is 0.299. The number of allylic oxidation sites excluding steroid dienone is 1. The first kappa shape index (κ1) is 21.2. The third-order valence-corrected chi connectivity index (χ3v) is 5.75. The first-order valence-corrected chi connectivity index (χ1v) is 10.3. The maximum Gasteiger partial charge on any atom is 0.197 e. The predicted molar refractivity (Wildman–Crippen MR) is 114 cm³/mol. The molecule has 3 aromatic carbocycles. The van der Waals surface area contributed by atoms with E-state index in [9.17, 15) is 17.6 Å². The van der Waals surface area contributed by atoms with Crippen LogP contribution in [0.4, 0.5) is 17.6 Å². The lowest BCUT2D eigenvalue weighted by atomic mass is 9.97. The molecule has 1 aliphatic rings. The molecule has 31 heavy (non-hydrogen) atoms. The largest absolute Gasteiger partial charge is 0.456 e. The molecule has 1 nitrogen and oxygen atoms in total. The molecule has 1 unspecified atom stereocenters. The number of fused-ring (bicyclic) bond motifs is 1. The molecule has 0 radical (unpaired) electrons. The first-order chi connectivity index (χ1) is 14.9. The van der Waals surface area contributed by atoms with Crippen molar-refractivity contribution in [1.29, 1.82) is 0 Å².